The summed E-state index contributed by atoms with van der Waals surface area (Å²) in [5.41, 5.74) is 3.68. The molecule has 2 heterocycles. The molecule has 8 heteroatoms. The van der Waals surface area contributed by atoms with Gasteiger partial charge in [0.05, 0.1) is 10.8 Å². The summed E-state index contributed by atoms with van der Waals surface area (Å²) in [6.45, 7) is 3.78. The first-order valence-corrected chi connectivity index (χ1v) is 11.7. The second-order valence-corrected chi connectivity index (χ2v) is 9.71. The molecule has 154 valence electrons. The number of rotatable bonds is 5. The van der Waals surface area contributed by atoms with Gasteiger partial charge in [0.1, 0.15) is 11.1 Å². The zero-order valence-electron chi connectivity index (χ0n) is 16.9. The van der Waals surface area contributed by atoms with Gasteiger partial charge in [-0.3, -0.25) is 4.79 Å². The number of thioether (sulfide) groups is 1. The minimum Gasteiger partial charge on any atom is -0.411 e. The Bertz CT molecular complexity index is 1110. The third-order valence-electron chi connectivity index (χ3n) is 5.20. The van der Waals surface area contributed by atoms with E-state index in [1.807, 2.05) is 31.2 Å². The fourth-order valence-corrected chi connectivity index (χ4v) is 5.47. The van der Waals surface area contributed by atoms with Crippen LogP contribution >= 0.6 is 23.1 Å². The summed E-state index contributed by atoms with van der Waals surface area (Å²) in [6.07, 6.45) is 5.32. The van der Waals surface area contributed by atoms with Gasteiger partial charge in [-0.2, -0.15) is 5.26 Å². The average molecular weight is 439 g/mol. The Balaban J connectivity index is 1.45. The lowest BCUT2D eigenvalue weighted by atomic mass is 10.1. The van der Waals surface area contributed by atoms with Crippen molar-refractivity contribution in [3.05, 3.63) is 45.8 Å². The molecule has 1 N–H and O–H groups in total. The normalized spacial score (nSPS) is 14.4. The predicted molar refractivity (Wildman–Crippen MR) is 119 cm³/mol. The van der Waals surface area contributed by atoms with E-state index < -0.39 is 5.25 Å². The van der Waals surface area contributed by atoms with Gasteiger partial charge in [0, 0.05) is 10.4 Å². The maximum absolute atomic E-state index is 12.8. The number of hydrogen-bond acceptors (Lipinski definition) is 7. The molecule has 6 nitrogen and oxygen atoms in total. The van der Waals surface area contributed by atoms with E-state index >= 15 is 0 Å². The Morgan fingerprint density at radius 2 is 2.07 bits per heavy atom. The Labute approximate surface area is 183 Å². The molecule has 1 aromatic carbocycles. The number of fused-ring (bicyclic) bond motifs is 1. The third kappa shape index (κ3) is 4.27. The summed E-state index contributed by atoms with van der Waals surface area (Å²) in [7, 11) is 0. The lowest BCUT2D eigenvalue weighted by Gasteiger charge is -2.09. The monoisotopic (exact) mass is 438 g/mol. The van der Waals surface area contributed by atoms with E-state index in [1.54, 1.807) is 6.92 Å². The number of carbonyl (C=O) groups is 1. The van der Waals surface area contributed by atoms with Crippen LogP contribution in [0.5, 0.6) is 0 Å². The highest BCUT2D eigenvalue weighted by molar-refractivity contribution is 8.00. The van der Waals surface area contributed by atoms with E-state index in [0.717, 1.165) is 42.4 Å². The van der Waals surface area contributed by atoms with Gasteiger partial charge in [0.2, 0.25) is 11.8 Å². The fourth-order valence-electron chi connectivity index (χ4n) is 3.55. The molecule has 0 fully saturated rings. The summed E-state index contributed by atoms with van der Waals surface area (Å²) >= 11 is 2.75. The van der Waals surface area contributed by atoms with Crippen molar-refractivity contribution >= 4 is 34.0 Å². The summed E-state index contributed by atoms with van der Waals surface area (Å²) in [6, 6.07) is 10.1. The maximum Gasteiger partial charge on any atom is 0.277 e. The first-order chi connectivity index (χ1) is 14.6. The molecule has 0 bridgehead atoms. The number of nitrogens with zero attached hydrogens (tertiary/aromatic N) is 3. The molecule has 0 spiro atoms. The lowest BCUT2D eigenvalue weighted by Crippen LogP contribution is -2.22. The van der Waals surface area contributed by atoms with Crippen molar-refractivity contribution in [3.8, 4) is 17.5 Å². The molecule has 1 aliphatic carbocycles. The molecule has 0 unspecified atom stereocenters. The van der Waals surface area contributed by atoms with Crippen molar-refractivity contribution in [1.29, 1.82) is 5.26 Å². The molecule has 0 saturated carbocycles. The van der Waals surface area contributed by atoms with Crippen LogP contribution in [0.3, 0.4) is 0 Å². The zero-order valence-corrected chi connectivity index (χ0v) is 18.5. The van der Waals surface area contributed by atoms with Crippen molar-refractivity contribution in [2.24, 2.45) is 0 Å². The molecule has 3 aromatic rings. The molecular formula is C22H22N4O2S2. The number of carbonyl (C=O) groups excluding carboxylic acids is 1. The van der Waals surface area contributed by atoms with Gasteiger partial charge in [0.25, 0.3) is 5.22 Å². The molecule has 0 aliphatic heterocycles. The molecule has 2 aromatic heterocycles. The molecular weight excluding hydrogens is 416 g/mol. The SMILES string of the molecule is Cc1ccccc1-c1nnc(S[C@H](C)C(=O)Nc2sc3c(c2C#N)CCCCC3)o1. The van der Waals surface area contributed by atoms with Crippen molar-refractivity contribution in [2.45, 2.75) is 56.4 Å². The summed E-state index contributed by atoms with van der Waals surface area (Å²) in [5, 5.41) is 21.4. The topological polar surface area (TPSA) is 91.8 Å². The highest BCUT2D eigenvalue weighted by Crippen LogP contribution is 2.37. The third-order valence-corrected chi connectivity index (χ3v) is 7.34. The molecule has 4 rings (SSSR count). The van der Waals surface area contributed by atoms with Crippen molar-refractivity contribution in [3.63, 3.8) is 0 Å². The van der Waals surface area contributed by atoms with Gasteiger partial charge in [0.15, 0.2) is 0 Å². The summed E-state index contributed by atoms with van der Waals surface area (Å²) in [5.74, 6) is 0.264. The molecule has 0 saturated heterocycles. The fraction of sp³-hybridized carbons (Fsp3) is 0.364. The number of anilines is 1. The molecule has 1 amide bonds. The minimum atomic E-state index is -0.441. The van der Waals surface area contributed by atoms with E-state index in [0.29, 0.717) is 21.7 Å². The second-order valence-electron chi connectivity index (χ2n) is 7.32. The van der Waals surface area contributed by atoms with Crippen LogP contribution < -0.4 is 5.32 Å². The highest BCUT2D eigenvalue weighted by Gasteiger charge is 2.24. The van der Waals surface area contributed by atoms with Crippen LogP contribution in [-0.4, -0.2) is 21.4 Å². The van der Waals surface area contributed by atoms with Gasteiger partial charge in [-0.05, 0) is 56.7 Å². The lowest BCUT2D eigenvalue weighted by molar-refractivity contribution is -0.115. The Morgan fingerprint density at radius 3 is 2.87 bits per heavy atom. The van der Waals surface area contributed by atoms with E-state index in [2.05, 4.69) is 21.6 Å². The van der Waals surface area contributed by atoms with E-state index in [9.17, 15) is 10.1 Å². The number of aryl methyl sites for hydroxylation is 2. The Hall–Kier alpha value is -2.63. The van der Waals surface area contributed by atoms with Crippen LogP contribution in [0, 0.1) is 18.3 Å². The zero-order chi connectivity index (χ0) is 21.1. The van der Waals surface area contributed by atoms with E-state index in [4.69, 9.17) is 4.42 Å². The highest BCUT2D eigenvalue weighted by atomic mass is 32.2. The quantitative estimate of drug-likeness (QED) is 0.425. The number of nitriles is 1. The Morgan fingerprint density at radius 1 is 1.27 bits per heavy atom. The first kappa shape index (κ1) is 20.6. The molecule has 1 atom stereocenters. The standard InChI is InChI=1S/C22H22N4O2S2/c1-13-8-6-7-9-15(13)20-25-26-22(28-20)29-14(2)19(27)24-21-17(12-23)16-10-4-3-5-11-18(16)30-21/h6-9,14H,3-5,10-11H2,1-2H3,(H,24,27)/t14-/m1/s1. The van der Waals surface area contributed by atoms with Crippen LogP contribution in [0.25, 0.3) is 11.5 Å². The van der Waals surface area contributed by atoms with Crippen molar-refractivity contribution in [2.75, 3.05) is 5.32 Å². The second kappa shape index (κ2) is 9.02. The average Bonchev–Trinajstić information content (AvgIpc) is 3.25. The number of benzene rings is 1. The molecule has 30 heavy (non-hydrogen) atoms. The van der Waals surface area contributed by atoms with Crippen molar-refractivity contribution in [1.82, 2.24) is 10.2 Å². The van der Waals surface area contributed by atoms with Crippen LogP contribution in [0.1, 0.15) is 47.8 Å². The predicted octanol–water partition coefficient (Wildman–Crippen LogP) is 5.37. The smallest absolute Gasteiger partial charge is 0.277 e. The van der Waals surface area contributed by atoms with Crippen LogP contribution in [0.4, 0.5) is 5.00 Å². The van der Waals surface area contributed by atoms with Gasteiger partial charge < -0.3 is 9.73 Å². The van der Waals surface area contributed by atoms with Crippen LogP contribution in [-0.2, 0) is 17.6 Å². The minimum absolute atomic E-state index is 0.177. The Kier molecular flexibility index (Phi) is 6.21. The summed E-state index contributed by atoms with van der Waals surface area (Å²) in [4.78, 5) is 14.0. The number of aromatic nitrogens is 2. The molecule has 0 radical (unpaired) electrons. The number of hydrogen-bond donors (Lipinski definition) is 1. The van der Waals surface area contributed by atoms with Crippen molar-refractivity contribution < 1.29 is 9.21 Å². The molecule has 1 aliphatic rings. The van der Waals surface area contributed by atoms with Crippen LogP contribution in [0.15, 0.2) is 33.9 Å². The number of thiophene rings is 1. The van der Waals surface area contributed by atoms with Gasteiger partial charge in [-0.1, -0.05) is 36.4 Å². The number of amides is 1. The maximum atomic E-state index is 12.8. The van der Waals surface area contributed by atoms with E-state index in [1.165, 1.54) is 34.4 Å². The largest absolute Gasteiger partial charge is 0.411 e. The van der Waals surface area contributed by atoms with Gasteiger partial charge in [-0.15, -0.1) is 21.5 Å². The first-order valence-electron chi connectivity index (χ1n) is 9.98. The van der Waals surface area contributed by atoms with Crippen LogP contribution in [0.2, 0.25) is 0 Å². The van der Waals surface area contributed by atoms with Gasteiger partial charge in [-0.25, -0.2) is 0 Å². The number of nitrogens with one attached hydrogen (secondary N) is 1. The van der Waals surface area contributed by atoms with E-state index in [-0.39, 0.29) is 5.91 Å². The van der Waals surface area contributed by atoms with Gasteiger partial charge >= 0.3 is 0 Å². The summed E-state index contributed by atoms with van der Waals surface area (Å²) < 4.78 is 5.76.